The van der Waals surface area contributed by atoms with E-state index in [2.05, 4.69) is 21.4 Å². The average Bonchev–Trinajstić information content (AvgIpc) is 3.12. The number of carbonyl (C=O) groups excluding carboxylic acids is 1. The number of nitrogens with one attached hydrogen (secondary N) is 1. The summed E-state index contributed by atoms with van der Waals surface area (Å²) in [5.41, 5.74) is 2.71. The summed E-state index contributed by atoms with van der Waals surface area (Å²) >= 11 is 3.28. The second kappa shape index (κ2) is 7.96. The van der Waals surface area contributed by atoms with Crippen molar-refractivity contribution in [3.05, 3.63) is 40.4 Å². The van der Waals surface area contributed by atoms with Crippen LogP contribution in [0.4, 0.5) is 0 Å². The maximum absolute atomic E-state index is 12.6. The fraction of sp³-hybridized carbons (Fsp3) is 0.438. The lowest BCUT2D eigenvalue weighted by molar-refractivity contribution is -0.198. The van der Waals surface area contributed by atoms with Crippen LogP contribution in [0.25, 0.3) is 0 Å². The van der Waals surface area contributed by atoms with E-state index < -0.39 is 22.2 Å². The Hall–Kier alpha value is -1.26. The van der Waals surface area contributed by atoms with Gasteiger partial charge in [0.2, 0.25) is 10.0 Å². The van der Waals surface area contributed by atoms with E-state index in [0.717, 1.165) is 23.7 Å². The number of rotatable bonds is 5. The van der Waals surface area contributed by atoms with E-state index in [4.69, 9.17) is 9.57 Å². The lowest BCUT2D eigenvalue weighted by atomic mass is 10.2. The first kappa shape index (κ1) is 18.5. The Balaban J connectivity index is 1.56. The molecule has 0 bridgehead atoms. The van der Waals surface area contributed by atoms with Gasteiger partial charge in [0, 0.05) is 36.2 Å². The van der Waals surface area contributed by atoms with E-state index in [1.807, 2.05) is 0 Å². The highest BCUT2D eigenvalue weighted by Crippen LogP contribution is 2.22. The molecule has 1 N–H and O–H groups in total. The number of halogens is 1. The number of sulfonamides is 1. The van der Waals surface area contributed by atoms with Crippen LogP contribution in [-0.2, 0) is 24.4 Å². The summed E-state index contributed by atoms with van der Waals surface area (Å²) in [4.78, 5) is 17.6. The zero-order valence-electron chi connectivity index (χ0n) is 13.5. The van der Waals surface area contributed by atoms with Gasteiger partial charge >= 0.3 is 0 Å². The molecule has 1 aromatic carbocycles. The van der Waals surface area contributed by atoms with Crippen LogP contribution in [0.2, 0.25) is 0 Å². The van der Waals surface area contributed by atoms with Crippen LogP contribution in [0.15, 0.2) is 45.3 Å². The minimum Gasteiger partial charge on any atom is -0.350 e. The molecule has 136 valence electrons. The first-order valence-electron chi connectivity index (χ1n) is 7.99. The standard InChI is InChI=1S/C16H19BrN2O5S/c17-13-4-6-14(7-5-13)25(21,22)19-9-8-12(11-19)16(20)18-24-15-3-1-2-10-23-15/h4-8,15H,1-3,9-11H2,(H,18,20). The molecule has 1 fully saturated rings. The van der Waals surface area contributed by atoms with E-state index in [9.17, 15) is 13.2 Å². The monoisotopic (exact) mass is 430 g/mol. The van der Waals surface area contributed by atoms with Crippen LogP contribution in [0.1, 0.15) is 19.3 Å². The van der Waals surface area contributed by atoms with Crippen LogP contribution in [0.3, 0.4) is 0 Å². The molecule has 0 spiro atoms. The first-order chi connectivity index (χ1) is 12.0. The fourth-order valence-electron chi connectivity index (χ4n) is 2.62. The van der Waals surface area contributed by atoms with Gasteiger partial charge in [0.1, 0.15) is 0 Å². The van der Waals surface area contributed by atoms with Crippen molar-refractivity contribution >= 4 is 31.9 Å². The Bertz CT molecular complexity index is 757. The lowest BCUT2D eigenvalue weighted by Gasteiger charge is -2.22. The number of benzene rings is 1. The molecule has 1 amide bonds. The number of amides is 1. The summed E-state index contributed by atoms with van der Waals surface area (Å²) in [6.07, 6.45) is 3.85. The topological polar surface area (TPSA) is 84.9 Å². The van der Waals surface area contributed by atoms with Crippen LogP contribution < -0.4 is 5.48 Å². The van der Waals surface area contributed by atoms with E-state index in [1.54, 1.807) is 18.2 Å². The molecule has 7 nitrogen and oxygen atoms in total. The molecular weight excluding hydrogens is 412 g/mol. The van der Waals surface area contributed by atoms with Crippen molar-refractivity contribution in [3.63, 3.8) is 0 Å². The van der Waals surface area contributed by atoms with E-state index in [0.29, 0.717) is 12.2 Å². The maximum Gasteiger partial charge on any atom is 0.271 e. The summed E-state index contributed by atoms with van der Waals surface area (Å²) in [5.74, 6) is -0.442. The Kier molecular flexibility index (Phi) is 5.90. The SMILES string of the molecule is O=C(NOC1CCCCO1)C1=CCN(S(=O)(=O)c2ccc(Br)cc2)C1. The van der Waals surface area contributed by atoms with Gasteiger partial charge < -0.3 is 4.74 Å². The summed E-state index contributed by atoms with van der Waals surface area (Å²) in [7, 11) is -3.64. The van der Waals surface area contributed by atoms with Gasteiger partial charge in [-0.25, -0.2) is 18.7 Å². The molecule has 0 aromatic heterocycles. The van der Waals surface area contributed by atoms with Gasteiger partial charge in [-0.3, -0.25) is 4.79 Å². The quantitative estimate of drug-likeness (QED) is 0.721. The number of ether oxygens (including phenoxy) is 1. The van der Waals surface area contributed by atoms with Crippen LogP contribution in [0.5, 0.6) is 0 Å². The van der Waals surface area contributed by atoms with Crippen molar-refractivity contribution in [2.75, 3.05) is 19.7 Å². The van der Waals surface area contributed by atoms with Crippen LogP contribution >= 0.6 is 15.9 Å². The number of nitrogens with zero attached hydrogens (tertiary/aromatic N) is 1. The van der Waals surface area contributed by atoms with Crippen molar-refractivity contribution in [2.45, 2.75) is 30.4 Å². The lowest BCUT2D eigenvalue weighted by Crippen LogP contribution is -2.36. The molecule has 1 unspecified atom stereocenters. The zero-order valence-corrected chi connectivity index (χ0v) is 15.9. The minimum absolute atomic E-state index is 0.0130. The Labute approximate surface area is 155 Å². The molecule has 2 heterocycles. The van der Waals surface area contributed by atoms with Crippen molar-refractivity contribution in [1.82, 2.24) is 9.79 Å². The normalized spacial score (nSPS) is 21.8. The van der Waals surface area contributed by atoms with Gasteiger partial charge in [0.25, 0.3) is 5.91 Å². The van der Waals surface area contributed by atoms with Gasteiger partial charge in [-0.1, -0.05) is 22.0 Å². The first-order valence-corrected chi connectivity index (χ1v) is 10.2. The van der Waals surface area contributed by atoms with Crippen LogP contribution in [0, 0.1) is 0 Å². The molecule has 9 heteroatoms. The van der Waals surface area contributed by atoms with Crippen molar-refractivity contribution in [1.29, 1.82) is 0 Å². The smallest absolute Gasteiger partial charge is 0.271 e. The predicted molar refractivity (Wildman–Crippen MR) is 93.8 cm³/mol. The molecule has 25 heavy (non-hydrogen) atoms. The van der Waals surface area contributed by atoms with Gasteiger partial charge in [0.15, 0.2) is 6.29 Å². The van der Waals surface area contributed by atoms with Crippen molar-refractivity contribution < 1.29 is 22.8 Å². The molecule has 2 aliphatic heterocycles. The molecule has 1 saturated heterocycles. The molecular formula is C16H19BrN2O5S. The van der Waals surface area contributed by atoms with E-state index in [-0.39, 0.29) is 18.0 Å². The van der Waals surface area contributed by atoms with Gasteiger partial charge in [0.05, 0.1) is 4.90 Å². The Morgan fingerprint density at radius 2 is 2.04 bits per heavy atom. The molecule has 3 rings (SSSR count). The van der Waals surface area contributed by atoms with Gasteiger partial charge in [-0.15, -0.1) is 0 Å². The number of hydrogen-bond donors (Lipinski definition) is 1. The van der Waals surface area contributed by atoms with Crippen LogP contribution in [-0.4, -0.2) is 44.6 Å². The Morgan fingerprint density at radius 3 is 2.72 bits per heavy atom. The molecule has 0 radical (unpaired) electrons. The minimum atomic E-state index is -3.64. The van der Waals surface area contributed by atoms with Gasteiger partial charge in [-0.05, 0) is 37.1 Å². The van der Waals surface area contributed by atoms with E-state index >= 15 is 0 Å². The van der Waals surface area contributed by atoms with Gasteiger partial charge in [-0.2, -0.15) is 4.31 Å². The third-order valence-electron chi connectivity index (χ3n) is 4.05. The average molecular weight is 431 g/mol. The van der Waals surface area contributed by atoms with Crippen molar-refractivity contribution in [3.8, 4) is 0 Å². The highest BCUT2D eigenvalue weighted by molar-refractivity contribution is 9.10. The largest absolute Gasteiger partial charge is 0.350 e. The predicted octanol–water partition coefficient (Wildman–Crippen LogP) is 1.95. The summed E-state index contributed by atoms with van der Waals surface area (Å²) in [6, 6.07) is 6.39. The second-order valence-corrected chi connectivity index (χ2v) is 8.68. The molecule has 2 aliphatic rings. The second-order valence-electron chi connectivity index (χ2n) is 5.83. The summed E-state index contributed by atoms with van der Waals surface area (Å²) in [6.45, 7) is 0.780. The molecule has 0 saturated carbocycles. The highest BCUT2D eigenvalue weighted by atomic mass is 79.9. The molecule has 1 atom stereocenters. The third-order valence-corrected chi connectivity index (χ3v) is 6.41. The summed E-state index contributed by atoms with van der Waals surface area (Å²) < 4.78 is 32.6. The summed E-state index contributed by atoms with van der Waals surface area (Å²) in [5, 5.41) is 0. The Morgan fingerprint density at radius 1 is 1.28 bits per heavy atom. The number of hydroxylamine groups is 1. The fourth-order valence-corrected chi connectivity index (χ4v) is 4.25. The van der Waals surface area contributed by atoms with Crippen molar-refractivity contribution in [2.24, 2.45) is 0 Å². The third kappa shape index (κ3) is 4.48. The number of carbonyl (C=O) groups is 1. The molecule has 0 aliphatic carbocycles. The maximum atomic E-state index is 12.6. The number of hydrogen-bond acceptors (Lipinski definition) is 5. The van der Waals surface area contributed by atoms with E-state index in [1.165, 1.54) is 16.4 Å². The zero-order chi connectivity index (χ0) is 17.9. The molecule has 1 aromatic rings. The highest BCUT2D eigenvalue weighted by Gasteiger charge is 2.30.